The van der Waals surface area contributed by atoms with Crippen molar-refractivity contribution in [3.63, 3.8) is 0 Å². The predicted octanol–water partition coefficient (Wildman–Crippen LogP) is 3.24. The standard InChI is InChI=1S/C18H18ClNO5S/c1-11-6-15(16(25-2)8-14(11)19)20-17(21)10-26(24)9-12-4-3-5-13(7-12)18(22)23/h3-8H,9-10H2,1-2H3,(H,20,21)(H,22,23). The molecule has 2 aromatic carbocycles. The van der Waals surface area contributed by atoms with Gasteiger partial charge in [0.05, 0.1) is 18.4 Å². The van der Waals surface area contributed by atoms with Gasteiger partial charge in [-0.25, -0.2) is 4.79 Å². The highest BCUT2D eigenvalue weighted by Crippen LogP contribution is 2.30. The molecule has 1 amide bonds. The van der Waals surface area contributed by atoms with E-state index in [2.05, 4.69) is 5.32 Å². The Morgan fingerprint density at radius 3 is 2.65 bits per heavy atom. The van der Waals surface area contributed by atoms with E-state index in [1.807, 2.05) is 0 Å². The molecule has 0 aliphatic rings. The second-order valence-electron chi connectivity index (χ2n) is 5.58. The molecule has 0 spiro atoms. The van der Waals surface area contributed by atoms with Crippen molar-refractivity contribution in [3.8, 4) is 5.75 Å². The van der Waals surface area contributed by atoms with Gasteiger partial charge in [0.1, 0.15) is 11.5 Å². The van der Waals surface area contributed by atoms with Crippen molar-refractivity contribution in [1.29, 1.82) is 0 Å². The van der Waals surface area contributed by atoms with Crippen LogP contribution >= 0.6 is 11.6 Å². The summed E-state index contributed by atoms with van der Waals surface area (Å²) in [5, 5.41) is 12.2. The first-order valence-electron chi connectivity index (χ1n) is 7.61. The van der Waals surface area contributed by atoms with Crippen molar-refractivity contribution in [1.82, 2.24) is 0 Å². The number of aryl methyl sites for hydroxylation is 1. The molecule has 0 saturated heterocycles. The van der Waals surface area contributed by atoms with Gasteiger partial charge in [0, 0.05) is 27.6 Å². The second-order valence-corrected chi connectivity index (χ2v) is 7.45. The lowest BCUT2D eigenvalue weighted by molar-refractivity contribution is -0.113. The molecule has 0 aromatic heterocycles. The summed E-state index contributed by atoms with van der Waals surface area (Å²) in [6, 6.07) is 9.44. The molecule has 0 heterocycles. The fraction of sp³-hybridized carbons (Fsp3) is 0.222. The molecule has 0 bridgehead atoms. The number of halogens is 1. The van der Waals surface area contributed by atoms with Gasteiger partial charge in [-0.15, -0.1) is 0 Å². The number of carboxylic acids is 1. The van der Waals surface area contributed by atoms with Crippen molar-refractivity contribution < 1.29 is 23.6 Å². The minimum absolute atomic E-state index is 0.0886. The highest BCUT2D eigenvalue weighted by Gasteiger charge is 2.14. The number of aromatic carboxylic acids is 1. The molecule has 2 aromatic rings. The molecule has 0 saturated carbocycles. The van der Waals surface area contributed by atoms with Crippen molar-refractivity contribution in [2.24, 2.45) is 0 Å². The zero-order chi connectivity index (χ0) is 19.3. The molecular formula is C18H18ClNO5S. The molecule has 1 unspecified atom stereocenters. The summed E-state index contributed by atoms with van der Waals surface area (Å²) in [6.07, 6.45) is 0. The summed E-state index contributed by atoms with van der Waals surface area (Å²) >= 11 is 6.03. The van der Waals surface area contributed by atoms with Crippen LogP contribution in [-0.2, 0) is 21.3 Å². The van der Waals surface area contributed by atoms with E-state index in [-0.39, 0.29) is 17.1 Å². The smallest absolute Gasteiger partial charge is 0.335 e. The third-order valence-corrected chi connectivity index (χ3v) is 5.20. The van der Waals surface area contributed by atoms with E-state index in [9.17, 15) is 13.8 Å². The molecule has 26 heavy (non-hydrogen) atoms. The SMILES string of the molecule is COc1cc(Cl)c(C)cc1NC(=O)CS(=O)Cc1cccc(C(=O)O)c1. The molecule has 6 nitrogen and oxygen atoms in total. The summed E-state index contributed by atoms with van der Waals surface area (Å²) in [4.78, 5) is 23.1. The van der Waals surface area contributed by atoms with Gasteiger partial charge < -0.3 is 15.2 Å². The molecule has 2 rings (SSSR count). The number of rotatable bonds is 7. The van der Waals surface area contributed by atoms with Crippen LogP contribution in [0, 0.1) is 6.92 Å². The number of hydrogen-bond donors (Lipinski definition) is 2. The van der Waals surface area contributed by atoms with Crippen LogP contribution < -0.4 is 10.1 Å². The first kappa shape index (κ1) is 19.9. The van der Waals surface area contributed by atoms with Crippen LogP contribution in [0.4, 0.5) is 5.69 Å². The quantitative estimate of drug-likeness (QED) is 0.750. The Hall–Kier alpha value is -2.38. The van der Waals surface area contributed by atoms with Gasteiger partial charge in [-0.2, -0.15) is 0 Å². The summed E-state index contributed by atoms with van der Waals surface area (Å²) in [7, 11) is -0.0239. The Morgan fingerprint density at radius 2 is 2.00 bits per heavy atom. The van der Waals surface area contributed by atoms with E-state index in [1.54, 1.807) is 31.2 Å². The highest BCUT2D eigenvalue weighted by atomic mass is 35.5. The second kappa shape index (κ2) is 8.82. The van der Waals surface area contributed by atoms with Crippen LogP contribution in [0.1, 0.15) is 21.5 Å². The number of hydrogen-bond acceptors (Lipinski definition) is 4. The maximum atomic E-state index is 12.2. The summed E-state index contributed by atoms with van der Waals surface area (Å²) < 4.78 is 17.4. The van der Waals surface area contributed by atoms with Crippen molar-refractivity contribution in [2.75, 3.05) is 18.2 Å². The van der Waals surface area contributed by atoms with Gasteiger partial charge in [0.2, 0.25) is 5.91 Å². The third-order valence-electron chi connectivity index (χ3n) is 3.55. The summed E-state index contributed by atoms with van der Waals surface area (Å²) in [5.41, 5.74) is 1.93. The van der Waals surface area contributed by atoms with Crippen LogP contribution in [0.2, 0.25) is 5.02 Å². The number of carbonyl (C=O) groups excluding carboxylic acids is 1. The van der Waals surface area contributed by atoms with Gasteiger partial charge in [0.25, 0.3) is 0 Å². The van der Waals surface area contributed by atoms with Gasteiger partial charge in [0.15, 0.2) is 0 Å². The molecule has 138 valence electrons. The average molecular weight is 396 g/mol. The minimum atomic E-state index is -1.49. The number of carbonyl (C=O) groups is 2. The van der Waals surface area contributed by atoms with Crippen LogP contribution in [-0.4, -0.2) is 34.1 Å². The third kappa shape index (κ3) is 5.31. The van der Waals surface area contributed by atoms with Crippen molar-refractivity contribution >= 4 is 40.0 Å². The number of methoxy groups -OCH3 is 1. The predicted molar refractivity (Wildman–Crippen MR) is 101 cm³/mol. The monoisotopic (exact) mass is 395 g/mol. The Bertz CT molecular complexity index is 869. The Balaban J connectivity index is 2.02. The average Bonchev–Trinajstić information content (AvgIpc) is 2.57. The Kier molecular flexibility index (Phi) is 6.76. The fourth-order valence-corrected chi connectivity index (χ4v) is 3.47. The van der Waals surface area contributed by atoms with E-state index < -0.39 is 22.7 Å². The molecule has 0 aliphatic carbocycles. The molecule has 0 aliphatic heterocycles. The molecular weight excluding hydrogens is 378 g/mol. The van der Waals surface area contributed by atoms with Gasteiger partial charge in [-0.1, -0.05) is 23.7 Å². The van der Waals surface area contributed by atoms with Crippen LogP contribution in [0.25, 0.3) is 0 Å². The topological polar surface area (TPSA) is 92.7 Å². The fourth-order valence-electron chi connectivity index (χ4n) is 2.29. The lowest BCUT2D eigenvalue weighted by atomic mass is 10.1. The Labute approximate surface area is 158 Å². The maximum absolute atomic E-state index is 12.2. The van der Waals surface area contributed by atoms with E-state index in [1.165, 1.54) is 19.2 Å². The van der Waals surface area contributed by atoms with E-state index in [4.69, 9.17) is 21.4 Å². The zero-order valence-electron chi connectivity index (χ0n) is 14.2. The molecule has 1 atom stereocenters. The number of nitrogens with one attached hydrogen (secondary N) is 1. The van der Waals surface area contributed by atoms with Crippen molar-refractivity contribution in [3.05, 3.63) is 58.1 Å². The zero-order valence-corrected chi connectivity index (χ0v) is 15.8. The summed E-state index contributed by atoms with van der Waals surface area (Å²) in [6.45, 7) is 1.80. The van der Waals surface area contributed by atoms with Gasteiger partial charge >= 0.3 is 5.97 Å². The van der Waals surface area contributed by atoms with E-state index >= 15 is 0 Å². The van der Waals surface area contributed by atoms with Gasteiger partial charge in [-0.05, 0) is 36.2 Å². The molecule has 2 N–H and O–H groups in total. The molecule has 0 radical (unpaired) electrons. The minimum Gasteiger partial charge on any atom is -0.495 e. The number of carboxylic acid groups (broad SMARTS) is 1. The first-order valence-corrected chi connectivity index (χ1v) is 9.48. The number of ether oxygens (including phenoxy) is 1. The van der Waals surface area contributed by atoms with Crippen LogP contribution in [0.3, 0.4) is 0 Å². The normalized spacial score (nSPS) is 11.7. The number of amides is 1. The lowest BCUT2D eigenvalue weighted by Gasteiger charge is -2.12. The molecule has 0 fully saturated rings. The first-order chi connectivity index (χ1) is 12.3. The van der Waals surface area contributed by atoms with E-state index in [0.717, 1.165) is 5.56 Å². The maximum Gasteiger partial charge on any atom is 0.335 e. The highest BCUT2D eigenvalue weighted by molar-refractivity contribution is 7.84. The molecule has 8 heteroatoms. The van der Waals surface area contributed by atoms with Crippen LogP contribution in [0.15, 0.2) is 36.4 Å². The summed E-state index contributed by atoms with van der Waals surface area (Å²) in [5.74, 6) is -1.21. The number of benzene rings is 2. The lowest BCUT2D eigenvalue weighted by Crippen LogP contribution is -2.20. The number of anilines is 1. The Morgan fingerprint density at radius 1 is 1.27 bits per heavy atom. The van der Waals surface area contributed by atoms with Crippen molar-refractivity contribution in [2.45, 2.75) is 12.7 Å². The van der Waals surface area contributed by atoms with Gasteiger partial charge in [-0.3, -0.25) is 9.00 Å². The van der Waals surface area contributed by atoms with E-state index in [0.29, 0.717) is 22.0 Å². The largest absolute Gasteiger partial charge is 0.495 e. The van der Waals surface area contributed by atoms with Crippen LogP contribution in [0.5, 0.6) is 5.75 Å².